The second-order valence-corrected chi connectivity index (χ2v) is 5.57. The number of rotatable bonds is 6. The molecule has 2 unspecified atom stereocenters. The van der Waals surface area contributed by atoms with Crippen LogP contribution in [-0.4, -0.2) is 11.7 Å². The highest BCUT2D eigenvalue weighted by atomic mass is 19.1. The van der Waals surface area contributed by atoms with Gasteiger partial charge in [0.15, 0.2) is 0 Å². The van der Waals surface area contributed by atoms with E-state index in [2.05, 4.69) is 12.2 Å². The minimum atomic E-state index is -0.522. The van der Waals surface area contributed by atoms with Crippen LogP contribution in [0.5, 0.6) is 0 Å². The first kappa shape index (κ1) is 17.1. The first-order valence-corrected chi connectivity index (χ1v) is 7.74. The molecule has 23 heavy (non-hydrogen) atoms. The van der Waals surface area contributed by atoms with Crippen molar-refractivity contribution >= 4 is 0 Å². The van der Waals surface area contributed by atoms with Gasteiger partial charge in [-0.1, -0.05) is 37.3 Å². The van der Waals surface area contributed by atoms with E-state index in [0.29, 0.717) is 0 Å². The van der Waals surface area contributed by atoms with Gasteiger partial charge < -0.3 is 10.4 Å². The summed E-state index contributed by atoms with van der Waals surface area (Å²) in [5.74, 6) is -0.522. The topological polar surface area (TPSA) is 56.0 Å². The van der Waals surface area contributed by atoms with Crippen LogP contribution in [0.25, 0.3) is 0 Å². The van der Waals surface area contributed by atoms with Crippen molar-refractivity contribution in [1.82, 2.24) is 5.32 Å². The summed E-state index contributed by atoms with van der Waals surface area (Å²) in [4.78, 5) is 0. The molecule has 0 aliphatic carbocycles. The van der Waals surface area contributed by atoms with Crippen molar-refractivity contribution in [3.05, 3.63) is 70.5 Å². The smallest absolute Gasteiger partial charge is 0.141 e. The molecule has 2 aromatic rings. The van der Waals surface area contributed by atoms with Crippen LogP contribution in [0, 0.1) is 17.1 Å². The van der Waals surface area contributed by atoms with E-state index in [9.17, 15) is 9.50 Å². The Balaban J connectivity index is 2.14. The van der Waals surface area contributed by atoms with E-state index >= 15 is 0 Å². The van der Waals surface area contributed by atoms with E-state index in [1.165, 1.54) is 17.7 Å². The molecular formula is C19H21FN2O. The third-order valence-corrected chi connectivity index (χ3v) is 4.04. The Morgan fingerprint density at radius 3 is 2.35 bits per heavy atom. The number of hydrogen-bond acceptors (Lipinski definition) is 3. The lowest BCUT2D eigenvalue weighted by molar-refractivity contribution is 0.235. The fourth-order valence-corrected chi connectivity index (χ4v) is 2.53. The number of nitrogens with one attached hydrogen (secondary N) is 1. The number of nitriles is 1. The lowest BCUT2D eigenvalue weighted by Gasteiger charge is -2.23. The maximum atomic E-state index is 13.7. The zero-order valence-corrected chi connectivity index (χ0v) is 13.4. The normalized spacial score (nSPS) is 13.3. The van der Waals surface area contributed by atoms with Gasteiger partial charge in [0.2, 0.25) is 0 Å². The van der Waals surface area contributed by atoms with Crippen molar-refractivity contribution in [3.63, 3.8) is 0 Å². The third kappa shape index (κ3) is 4.16. The molecule has 0 aliphatic heterocycles. The van der Waals surface area contributed by atoms with Gasteiger partial charge in [-0.15, -0.1) is 0 Å². The molecule has 4 heteroatoms. The second kappa shape index (κ2) is 7.87. The first-order valence-electron chi connectivity index (χ1n) is 7.74. The Hall–Kier alpha value is -2.22. The van der Waals surface area contributed by atoms with Gasteiger partial charge in [0.1, 0.15) is 11.9 Å². The molecule has 0 fully saturated rings. The molecule has 2 aromatic carbocycles. The van der Waals surface area contributed by atoms with Crippen molar-refractivity contribution in [3.8, 4) is 6.07 Å². The van der Waals surface area contributed by atoms with Crippen molar-refractivity contribution < 1.29 is 9.50 Å². The number of benzene rings is 2. The van der Waals surface area contributed by atoms with Crippen molar-refractivity contribution in [2.45, 2.75) is 32.4 Å². The van der Waals surface area contributed by atoms with Gasteiger partial charge in [0.25, 0.3) is 0 Å². The summed E-state index contributed by atoms with van der Waals surface area (Å²) in [6, 6.07) is 14.1. The largest absolute Gasteiger partial charge is 0.394 e. The minimum Gasteiger partial charge on any atom is -0.394 e. The first-order chi connectivity index (χ1) is 11.1. The molecule has 3 nitrogen and oxygen atoms in total. The summed E-state index contributed by atoms with van der Waals surface area (Å²) >= 11 is 0. The van der Waals surface area contributed by atoms with E-state index in [1.807, 2.05) is 37.3 Å². The standard InChI is InChI=1S/C19H21FN2O/c1-3-14-4-6-15(7-5-14)19(12-23)22-13(2)16-8-9-17(11-21)18(20)10-16/h4-10,13,19,22-23H,3,12H2,1-2H3. The number of hydrogen-bond donors (Lipinski definition) is 2. The molecule has 0 saturated heterocycles. The molecule has 0 heterocycles. The number of aryl methyl sites for hydroxylation is 1. The average molecular weight is 312 g/mol. The Morgan fingerprint density at radius 1 is 1.17 bits per heavy atom. The van der Waals surface area contributed by atoms with Crippen LogP contribution in [0.2, 0.25) is 0 Å². The number of aliphatic hydroxyl groups is 1. The summed E-state index contributed by atoms with van der Waals surface area (Å²) in [5.41, 5.74) is 3.01. The van der Waals surface area contributed by atoms with Crippen LogP contribution in [0.4, 0.5) is 4.39 Å². The van der Waals surface area contributed by atoms with Crippen molar-refractivity contribution in [2.75, 3.05) is 6.61 Å². The zero-order chi connectivity index (χ0) is 16.8. The molecule has 2 atom stereocenters. The van der Waals surface area contributed by atoms with Crippen LogP contribution < -0.4 is 5.32 Å². The van der Waals surface area contributed by atoms with Crippen molar-refractivity contribution in [1.29, 1.82) is 5.26 Å². The summed E-state index contributed by atoms with van der Waals surface area (Å²) in [7, 11) is 0. The Labute approximate surface area is 136 Å². The highest BCUT2D eigenvalue weighted by Crippen LogP contribution is 2.21. The molecule has 2 rings (SSSR count). The van der Waals surface area contributed by atoms with Gasteiger partial charge in [0.05, 0.1) is 18.2 Å². The second-order valence-electron chi connectivity index (χ2n) is 5.57. The molecule has 0 aliphatic rings. The fraction of sp³-hybridized carbons (Fsp3) is 0.316. The SMILES string of the molecule is CCc1ccc(C(CO)NC(C)c2ccc(C#N)c(F)c2)cc1. The molecule has 2 N–H and O–H groups in total. The van der Waals surface area contributed by atoms with Gasteiger partial charge in [-0.3, -0.25) is 0 Å². The predicted octanol–water partition coefficient (Wildman–Crippen LogP) is 3.64. The maximum Gasteiger partial charge on any atom is 0.141 e. The van der Waals surface area contributed by atoms with Crippen molar-refractivity contribution in [2.24, 2.45) is 0 Å². The summed E-state index contributed by atoms with van der Waals surface area (Å²) < 4.78 is 13.7. The lowest BCUT2D eigenvalue weighted by atomic mass is 10.0. The van der Waals surface area contributed by atoms with Crippen LogP contribution in [0.3, 0.4) is 0 Å². The monoisotopic (exact) mass is 312 g/mol. The number of halogens is 1. The number of aliphatic hydroxyl groups excluding tert-OH is 1. The Kier molecular flexibility index (Phi) is 5.86. The van der Waals surface area contributed by atoms with Crippen LogP contribution in [-0.2, 0) is 6.42 Å². The van der Waals surface area contributed by atoms with E-state index in [-0.39, 0.29) is 24.3 Å². The molecule has 0 saturated carbocycles. The summed E-state index contributed by atoms with van der Waals surface area (Å²) in [6.45, 7) is 3.96. The maximum absolute atomic E-state index is 13.7. The van der Waals surface area contributed by atoms with Gasteiger partial charge in [-0.2, -0.15) is 5.26 Å². The summed E-state index contributed by atoms with van der Waals surface area (Å²) in [5, 5.41) is 21.7. The Bertz CT molecular complexity index is 692. The zero-order valence-electron chi connectivity index (χ0n) is 13.4. The molecule has 0 spiro atoms. The van der Waals surface area contributed by atoms with Gasteiger partial charge >= 0.3 is 0 Å². The fourth-order valence-electron chi connectivity index (χ4n) is 2.53. The highest BCUT2D eigenvalue weighted by Gasteiger charge is 2.16. The van der Waals surface area contributed by atoms with E-state index in [4.69, 9.17) is 5.26 Å². The highest BCUT2D eigenvalue weighted by molar-refractivity contribution is 5.34. The van der Waals surface area contributed by atoms with Crippen LogP contribution in [0.1, 0.15) is 48.2 Å². The minimum absolute atomic E-state index is 0.0369. The molecule has 0 amide bonds. The van der Waals surface area contributed by atoms with E-state index in [1.54, 1.807) is 6.07 Å². The molecular weight excluding hydrogens is 291 g/mol. The van der Waals surface area contributed by atoms with E-state index < -0.39 is 5.82 Å². The molecule has 0 aromatic heterocycles. The van der Waals surface area contributed by atoms with Gasteiger partial charge in [0, 0.05) is 6.04 Å². The lowest BCUT2D eigenvalue weighted by Crippen LogP contribution is -2.27. The third-order valence-electron chi connectivity index (χ3n) is 4.04. The van der Waals surface area contributed by atoms with E-state index in [0.717, 1.165) is 17.5 Å². The summed E-state index contributed by atoms with van der Waals surface area (Å²) in [6.07, 6.45) is 0.971. The van der Waals surface area contributed by atoms with Crippen LogP contribution in [0.15, 0.2) is 42.5 Å². The Morgan fingerprint density at radius 2 is 1.83 bits per heavy atom. The van der Waals surface area contributed by atoms with Gasteiger partial charge in [-0.05, 0) is 42.2 Å². The molecule has 120 valence electrons. The molecule has 0 bridgehead atoms. The number of nitrogens with zero attached hydrogens (tertiary/aromatic N) is 1. The predicted molar refractivity (Wildman–Crippen MR) is 88.3 cm³/mol. The molecule has 0 radical (unpaired) electrons. The average Bonchev–Trinajstić information content (AvgIpc) is 2.59. The quantitative estimate of drug-likeness (QED) is 0.856. The van der Waals surface area contributed by atoms with Gasteiger partial charge in [-0.25, -0.2) is 4.39 Å². The van der Waals surface area contributed by atoms with Crippen LogP contribution >= 0.6 is 0 Å².